The summed E-state index contributed by atoms with van der Waals surface area (Å²) in [4.78, 5) is 5.32. The second kappa shape index (κ2) is 7.13. The molecule has 25 heavy (non-hydrogen) atoms. The highest BCUT2D eigenvalue weighted by Gasteiger charge is 2.30. The van der Waals surface area contributed by atoms with Gasteiger partial charge in [-0.1, -0.05) is 23.2 Å². The quantitative estimate of drug-likeness (QED) is 0.606. The maximum Gasteiger partial charge on any atom is 0.131 e. The molecule has 0 bridgehead atoms. The van der Waals surface area contributed by atoms with Gasteiger partial charge < -0.3 is 20.2 Å². The number of aromatic nitrogens is 1. The maximum absolute atomic E-state index is 6.61. The highest BCUT2D eigenvalue weighted by molar-refractivity contribution is 7.20. The minimum atomic E-state index is -0.197. The summed E-state index contributed by atoms with van der Waals surface area (Å²) in [5, 5.41) is 4.31. The Bertz CT molecular complexity index is 882. The molecule has 0 spiro atoms. The van der Waals surface area contributed by atoms with Crippen molar-refractivity contribution in [1.29, 1.82) is 0 Å². The molecule has 132 valence electrons. The SMILES string of the molecule is N[C@H]1CCCO[C@@H]1c1sc2c(NCc3ccco3)cc(Cl)nc2c1Cl. The number of halogens is 2. The smallest absolute Gasteiger partial charge is 0.131 e. The zero-order valence-electron chi connectivity index (χ0n) is 13.3. The van der Waals surface area contributed by atoms with Crippen LogP contribution in [0.25, 0.3) is 10.2 Å². The predicted molar refractivity (Wildman–Crippen MR) is 102 cm³/mol. The van der Waals surface area contributed by atoms with Crippen LogP contribution in [0.15, 0.2) is 28.9 Å². The second-order valence-corrected chi connectivity index (χ2v) is 7.80. The first-order chi connectivity index (χ1) is 12.1. The van der Waals surface area contributed by atoms with Gasteiger partial charge in [0.15, 0.2) is 0 Å². The fourth-order valence-corrected chi connectivity index (χ4v) is 4.87. The van der Waals surface area contributed by atoms with Crippen molar-refractivity contribution in [2.45, 2.75) is 31.5 Å². The molecule has 0 amide bonds. The Balaban J connectivity index is 1.72. The molecule has 4 heterocycles. The first-order valence-electron chi connectivity index (χ1n) is 8.05. The van der Waals surface area contributed by atoms with Crippen molar-refractivity contribution in [2.24, 2.45) is 5.73 Å². The second-order valence-electron chi connectivity index (χ2n) is 5.98. The standard InChI is InChI=1S/C17H17Cl2N3O2S/c18-12-7-11(21-8-9-3-1-5-23-9)16-14(22-12)13(19)17(25-16)15-10(20)4-2-6-24-15/h1,3,5,7,10,15H,2,4,6,8,20H2,(H,21,22)/t10-,15-/m0/s1. The van der Waals surface area contributed by atoms with Gasteiger partial charge in [0.2, 0.25) is 0 Å². The first kappa shape index (κ1) is 17.1. The van der Waals surface area contributed by atoms with E-state index in [0.717, 1.165) is 33.9 Å². The molecular formula is C17H17Cl2N3O2S. The number of rotatable bonds is 4. The Kier molecular flexibility index (Phi) is 4.88. The summed E-state index contributed by atoms with van der Waals surface area (Å²) in [5.74, 6) is 0.835. The number of ether oxygens (including phenoxy) is 1. The lowest BCUT2D eigenvalue weighted by molar-refractivity contribution is 0.00244. The van der Waals surface area contributed by atoms with Gasteiger partial charge in [-0.25, -0.2) is 4.98 Å². The summed E-state index contributed by atoms with van der Waals surface area (Å²) >= 11 is 14.4. The van der Waals surface area contributed by atoms with Gasteiger partial charge in [0.25, 0.3) is 0 Å². The summed E-state index contributed by atoms with van der Waals surface area (Å²) in [7, 11) is 0. The van der Waals surface area contributed by atoms with Crippen LogP contribution in [0.2, 0.25) is 10.2 Å². The van der Waals surface area contributed by atoms with Crippen LogP contribution in [0.4, 0.5) is 5.69 Å². The molecule has 1 saturated heterocycles. The molecule has 0 radical (unpaired) electrons. The molecule has 0 unspecified atom stereocenters. The van der Waals surface area contributed by atoms with E-state index in [0.29, 0.717) is 28.8 Å². The average Bonchev–Trinajstić information content (AvgIpc) is 3.22. The van der Waals surface area contributed by atoms with E-state index in [1.54, 1.807) is 23.7 Å². The number of pyridine rings is 1. The van der Waals surface area contributed by atoms with Crippen molar-refractivity contribution >= 4 is 50.4 Å². The van der Waals surface area contributed by atoms with Crippen molar-refractivity contribution in [3.8, 4) is 0 Å². The normalized spacial score (nSPS) is 20.9. The summed E-state index contributed by atoms with van der Waals surface area (Å²) in [6.07, 6.45) is 3.35. The monoisotopic (exact) mass is 397 g/mol. The molecule has 1 aliphatic rings. The summed E-state index contributed by atoms with van der Waals surface area (Å²) in [6, 6.07) is 5.50. The molecule has 3 aromatic rings. The van der Waals surface area contributed by atoms with Crippen LogP contribution in [0.3, 0.4) is 0 Å². The molecule has 8 heteroatoms. The van der Waals surface area contributed by atoms with Gasteiger partial charge in [-0.05, 0) is 25.0 Å². The molecule has 0 saturated carbocycles. The minimum Gasteiger partial charge on any atom is -0.467 e. The van der Waals surface area contributed by atoms with E-state index in [1.807, 2.05) is 12.1 Å². The maximum atomic E-state index is 6.61. The van der Waals surface area contributed by atoms with Gasteiger partial charge in [0.05, 0.1) is 33.1 Å². The Morgan fingerprint density at radius 2 is 2.28 bits per heavy atom. The number of hydrogen-bond acceptors (Lipinski definition) is 6. The van der Waals surface area contributed by atoms with Gasteiger partial charge in [0.1, 0.15) is 22.5 Å². The molecule has 0 aliphatic carbocycles. The summed E-state index contributed by atoms with van der Waals surface area (Å²) < 4.78 is 12.2. The third kappa shape index (κ3) is 3.37. The zero-order chi connectivity index (χ0) is 17.4. The minimum absolute atomic E-state index is 0.0608. The van der Waals surface area contributed by atoms with E-state index >= 15 is 0 Å². The summed E-state index contributed by atoms with van der Waals surface area (Å²) in [6.45, 7) is 1.24. The van der Waals surface area contributed by atoms with E-state index in [-0.39, 0.29) is 12.1 Å². The number of furan rings is 1. The molecule has 3 aromatic heterocycles. The van der Waals surface area contributed by atoms with E-state index in [9.17, 15) is 0 Å². The number of hydrogen-bond donors (Lipinski definition) is 2. The molecular weight excluding hydrogens is 381 g/mol. The number of thiophene rings is 1. The number of nitrogens with zero attached hydrogens (tertiary/aromatic N) is 1. The predicted octanol–water partition coefficient (Wildman–Crippen LogP) is 4.99. The number of nitrogens with two attached hydrogens (primary N) is 1. The number of nitrogens with one attached hydrogen (secondary N) is 1. The van der Waals surface area contributed by atoms with Crippen LogP contribution in [-0.4, -0.2) is 17.6 Å². The molecule has 1 aliphatic heterocycles. The molecule has 2 atom stereocenters. The van der Waals surface area contributed by atoms with Crippen molar-refractivity contribution in [2.75, 3.05) is 11.9 Å². The molecule has 4 rings (SSSR count). The highest BCUT2D eigenvalue weighted by atomic mass is 35.5. The lowest BCUT2D eigenvalue weighted by Gasteiger charge is -2.28. The zero-order valence-corrected chi connectivity index (χ0v) is 15.6. The molecule has 1 fully saturated rings. The molecule has 5 nitrogen and oxygen atoms in total. The first-order valence-corrected chi connectivity index (χ1v) is 9.62. The van der Waals surface area contributed by atoms with E-state index in [2.05, 4.69) is 10.3 Å². The lowest BCUT2D eigenvalue weighted by Crippen LogP contribution is -2.34. The van der Waals surface area contributed by atoms with Crippen molar-refractivity contribution < 1.29 is 9.15 Å². The third-order valence-corrected chi connectivity index (χ3v) is 6.20. The van der Waals surface area contributed by atoms with Crippen LogP contribution in [0, 0.1) is 0 Å². The molecule has 3 N–H and O–H groups in total. The highest BCUT2D eigenvalue weighted by Crippen LogP contribution is 2.45. The average molecular weight is 398 g/mol. The van der Waals surface area contributed by atoms with Gasteiger partial charge in [-0.2, -0.15) is 0 Å². The topological polar surface area (TPSA) is 73.3 Å². The van der Waals surface area contributed by atoms with E-state index < -0.39 is 0 Å². The van der Waals surface area contributed by atoms with Gasteiger partial charge in [-0.15, -0.1) is 11.3 Å². The Hall–Kier alpha value is -1.31. The van der Waals surface area contributed by atoms with Gasteiger partial charge in [0, 0.05) is 18.7 Å². The van der Waals surface area contributed by atoms with Crippen LogP contribution in [-0.2, 0) is 11.3 Å². The fraction of sp³-hybridized carbons (Fsp3) is 0.353. The Labute approximate surface area is 159 Å². The van der Waals surface area contributed by atoms with Crippen molar-refractivity contribution in [3.05, 3.63) is 45.3 Å². The Morgan fingerprint density at radius 3 is 3.04 bits per heavy atom. The largest absolute Gasteiger partial charge is 0.467 e. The lowest BCUT2D eigenvalue weighted by atomic mass is 10.0. The summed E-state index contributed by atoms with van der Waals surface area (Å²) in [5.41, 5.74) is 7.79. The molecule has 0 aromatic carbocycles. The third-order valence-electron chi connectivity index (χ3n) is 4.24. The van der Waals surface area contributed by atoms with E-state index in [1.165, 1.54) is 0 Å². The van der Waals surface area contributed by atoms with Gasteiger partial charge >= 0.3 is 0 Å². The van der Waals surface area contributed by atoms with Gasteiger partial charge in [-0.3, -0.25) is 0 Å². The van der Waals surface area contributed by atoms with Crippen LogP contribution < -0.4 is 11.1 Å². The van der Waals surface area contributed by atoms with Crippen molar-refractivity contribution in [1.82, 2.24) is 4.98 Å². The number of anilines is 1. The fourth-order valence-electron chi connectivity index (χ4n) is 3.01. The Morgan fingerprint density at radius 1 is 1.40 bits per heavy atom. The van der Waals surface area contributed by atoms with Crippen LogP contribution >= 0.6 is 34.5 Å². The number of fused-ring (bicyclic) bond motifs is 1. The van der Waals surface area contributed by atoms with E-state index in [4.69, 9.17) is 38.1 Å². The van der Waals surface area contributed by atoms with Crippen LogP contribution in [0.5, 0.6) is 0 Å². The van der Waals surface area contributed by atoms with Crippen molar-refractivity contribution in [3.63, 3.8) is 0 Å². The van der Waals surface area contributed by atoms with Crippen LogP contribution in [0.1, 0.15) is 29.6 Å².